The molecule has 112 valence electrons. The molecule has 1 aromatic carbocycles. The molecular weight excluding hydrogens is 268 g/mol. The number of rotatable bonds is 6. The Hall–Kier alpha value is -2.37. The number of hydrogen-bond donors (Lipinski definition) is 1. The van der Waals surface area contributed by atoms with Crippen molar-refractivity contribution < 1.29 is 4.79 Å². The van der Waals surface area contributed by atoms with Gasteiger partial charge in [0.2, 0.25) is 5.82 Å². The highest BCUT2D eigenvalue weighted by atomic mass is 16.2. The zero-order valence-corrected chi connectivity index (χ0v) is 12.4. The molecule has 0 atom stereocenters. The number of carbonyl (C=O) groups is 1. The van der Waals surface area contributed by atoms with Gasteiger partial charge in [-0.3, -0.25) is 9.78 Å². The molecule has 0 aliphatic heterocycles. The molecule has 0 bridgehead atoms. The predicted octanol–water partition coefficient (Wildman–Crippen LogP) is 1.82. The van der Waals surface area contributed by atoms with E-state index in [2.05, 4.69) is 10.1 Å². The van der Waals surface area contributed by atoms with E-state index in [1.165, 1.54) is 4.68 Å². The second kappa shape index (κ2) is 6.88. The minimum absolute atomic E-state index is 0.0887. The maximum Gasteiger partial charge on any atom is 0.348 e. The molecular formula is C15H20N4O2. The molecule has 1 N–H and O–H groups in total. The third kappa shape index (κ3) is 3.39. The zero-order valence-electron chi connectivity index (χ0n) is 12.4. The van der Waals surface area contributed by atoms with Crippen molar-refractivity contribution in [3.05, 3.63) is 46.6 Å². The minimum Gasteiger partial charge on any atom is -0.336 e. The van der Waals surface area contributed by atoms with E-state index in [9.17, 15) is 9.59 Å². The number of nitrogens with zero attached hydrogens (tertiary/aromatic N) is 3. The van der Waals surface area contributed by atoms with Gasteiger partial charge in [-0.25, -0.2) is 4.79 Å². The standard InChI is InChI=1S/C15H20N4O2/c1-3-10-18(11-4-2)14(20)13-16-15(21)19(17-13)12-8-6-5-7-9-12/h5-9H,3-4,10-11H2,1-2H3,(H,16,17,21). The molecule has 0 aliphatic rings. The minimum atomic E-state index is -0.405. The number of H-pyrrole nitrogens is 1. The van der Waals surface area contributed by atoms with Gasteiger partial charge in [0, 0.05) is 13.1 Å². The summed E-state index contributed by atoms with van der Waals surface area (Å²) in [6, 6.07) is 9.03. The second-order valence-corrected chi connectivity index (χ2v) is 4.82. The number of para-hydroxylation sites is 1. The van der Waals surface area contributed by atoms with Gasteiger partial charge in [0.05, 0.1) is 5.69 Å². The number of nitrogens with one attached hydrogen (secondary N) is 1. The molecule has 2 rings (SSSR count). The third-order valence-corrected chi connectivity index (χ3v) is 3.10. The van der Waals surface area contributed by atoms with Crippen molar-refractivity contribution in [2.24, 2.45) is 0 Å². The molecule has 0 fully saturated rings. The molecule has 0 radical (unpaired) electrons. The van der Waals surface area contributed by atoms with Crippen molar-refractivity contribution >= 4 is 5.91 Å². The van der Waals surface area contributed by atoms with Crippen molar-refractivity contribution in [3.8, 4) is 5.69 Å². The number of aromatic amines is 1. The Kier molecular flexibility index (Phi) is 4.92. The van der Waals surface area contributed by atoms with E-state index in [-0.39, 0.29) is 11.7 Å². The Labute approximate surface area is 123 Å². The average molecular weight is 288 g/mol. The van der Waals surface area contributed by atoms with Crippen LogP contribution in [0.3, 0.4) is 0 Å². The van der Waals surface area contributed by atoms with E-state index in [0.717, 1.165) is 12.8 Å². The Morgan fingerprint density at radius 1 is 1.19 bits per heavy atom. The fourth-order valence-corrected chi connectivity index (χ4v) is 2.17. The van der Waals surface area contributed by atoms with Crippen LogP contribution in [0, 0.1) is 0 Å². The highest BCUT2D eigenvalue weighted by molar-refractivity contribution is 5.90. The van der Waals surface area contributed by atoms with Gasteiger partial charge in [-0.15, -0.1) is 5.10 Å². The van der Waals surface area contributed by atoms with Crippen LogP contribution >= 0.6 is 0 Å². The first kappa shape index (κ1) is 15.0. The summed E-state index contributed by atoms with van der Waals surface area (Å²) in [7, 11) is 0. The molecule has 2 aromatic rings. The Morgan fingerprint density at radius 2 is 1.81 bits per heavy atom. The van der Waals surface area contributed by atoms with Crippen LogP contribution in [0.15, 0.2) is 35.1 Å². The molecule has 1 amide bonds. The van der Waals surface area contributed by atoms with Crippen LogP contribution in [0.2, 0.25) is 0 Å². The first-order valence-corrected chi connectivity index (χ1v) is 7.21. The van der Waals surface area contributed by atoms with Crippen molar-refractivity contribution in [1.29, 1.82) is 0 Å². The lowest BCUT2D eigenvalue weighted by Gasteiger charge is -2.19. The SMILES string of the molecule is CCCN(CCC)C(=O)c1nn(-c2ccccc2)c(=O)[nH]1. The molecule has 0 aliphatic carbocycles. The molecule has 1 aromatic heterocycles. The summed E-state index contributed by atoms with van der Waals surface area (Å²) in [5, 5.41) is 4.12. The van der Waals surface area contributed by atoms with Crippen LogP contribution < -0.4 is 5.69 Å². The van der Waals surface area contributed by atoms with Crippen LogP contribution in [0.5, 0.6) is 0 Å². The summed E-state index contributed by atoms with van der Waals surface area (Å²) >= 11 is 0. The number of benzene rings is 1. The Balaban J connectivity index is 2.29. The summed E-state index contributed by atoms with van der Waals surface area (Å²) in [4.78, 5) is 28.6. The third-order valence-electron chi connectivity index (χ3n) is 3.10. The summed E-state index contributed by atoms with van der Waals surface area (Å²) in [5.41, 5.74) is 0.229. The molecule has 21 heavy (non-hydrogen) atoms. The average Bonchev–Trinajstić information content (AvgIpc) is 2.89. The normalized spacial score (nSPS) is 10.6. The molecule has 6 nitrogen and oxygen atoms in total. The predicted molar refractivity (Wildman–Crippen MR) is 80.7 cm³/mol. The lowest BCUT2D eigenvalue weighted by Crippen LogP contribution is -2.33. The van der Waals surface area contributed by atoms with E-state index < -0.39 is 5.69 Å². The molecule has 0 spiro atoms. The molecule has 1 heterocycles. The summed E-state index contributed by atoms with van der Waals surface area (Å²) in [6.45, 7) is 5.35. The Morgan fingerprint density at radius 3 is 2.38 bits per heavy atom. The number of hydrogen-bond acceptors (Lipinski definition) is 3. The van der Waals surface area contributed by atoms with Crippen molar-refractivity contribution in [3.63, 3.8) is 0 Å². The van der Waals surface area contributed by atoms with Gasteiger partial charge in [-0.05, 0) is 25.0 Å². The number of amides is 1. The van der Waals surface area contributed by atoms with Crippen LogP contribution in [0.4, 0.5) is 0 Å². The monoisotopic (exact) mass is 288 g/mol. The molecule has 0 unspecified atom stereocenters. The molecule has 0 saturated heterocycles. The van der Waals surface area contributed by atoms with E-state index in [1.807, 2.05) is 32.0 Å². The van der Waals surface area contributed by atoms with Gasteiger partial charge in [0.1, 0.15) is 0 Å². The maximum absolute atomic E-state index is 12.4. The maximum atomic E-state index is 12.4. The lowest BCUT2D eigenvalue weighted by molar-refractivity contribution is 0.0743. The van der Waals surface area contributed by atoms with Gasteiger partial charge >= 0.3 is 5.69 Å². The highest BCUT2D eigenvalue weighted by Gasteiger charge is 2.19. The van der Waals surface area contributed by atoms with Gasteiger partial charge < -0.3 is 4.90 Å². The highest BCUT2D eigenvalue weighted by Crippen LogP contribution is 2.05. The first-order chi connectivity index (χ1) is 10.2. The summed E-state index contributed by atoms with van der Waals surface area (Å²) in [5.74, 6) is -0.142. The topological polar surface area (TPSA) is 71.0 Å². The van der Waals surface area contributed by atoms with E-state index in [4.69, 9.17) is 0 Å². The van der Waals surface area contributed by atoms with Gasteiger partial charge in [-0.1, -0.05) is 32.0 Å². The Bertz CT molecular complexity index is 639. The van der Waals surface area contributed by atoms with Crippen molar-refractivity contribution in [2.45, 2.75) is 26.7 Å². The van der Waals surface area contributed by atoms with Crippen LogP contribution in [0.25, 0.3) is 5.69 Å². The molecule has 0 saturated carbocycles. The van der Waals surface area contributed by atoms with Crippen LogP contribution in [0.1, 0.15) is 37.3 Å². The molecule has 6 heteroatoms. The van der Waals surface area contributed by atoms with Crippen LogP contribution in [-0.2, 0) is 0 Å². The first-order valence-electron chi connectivity index (χ1n) is 7.21. The lowest BCUT2D eigenvalue weighted by atomic mass is 10.3. The quantitative estimate of drug-likeness (QED) is 0.881. The van der Waals surface area contributed by atoms with Crippen molar-refractivity contribution in [2.75, 3.05) is 13.1 Å². The summed E-state index contributed by atoms with van der Waals surface area (Å²) < 4.78 is 1.21. The zero-order chi connectivity index (χ0) is 15.2. The van der Waals surface area contributed by atoms with E-state index in [0.29, 0.717) is 18.8 Å². The smallest absolute Gasteiger partial charge is 0.336 e. The number of aromatic nitrogens is 3. The van der Waals surface area contributed by atoms with Gasteiger partial charge in [-0.2, -0.15) is 4.68 Å². The summed E-state index contributed by atoms with van der Waals surface area (Å²) in [6.07, 6.45) is 1.74. The fraction of sp³-hybridized carbons (Fsp3) is 0.400. The van der Waals surface area contributed by atoms with Crippen molar-refractivity contribution in [1.82, 2.24) is 19.7 Å². The van der Waals surface area contributed by atoms with Gasteiger partial charge in [0.25, 0.3) is 5.91 Å². The second-order valence-electron chi connectivity index (χ2n) is 4.82. The number of carbonyl (C=O) groups excluding carboxylic acids is 1. The largest absolute Gasteiger partial charge is 0.348 e. The van der Waals surface area contributed by atoms with Crippen LogP contribution in [-0.4, -0.2) is 38.7 Å². The van der Waals surface area contributed by atoms with E-state index >= 15 is 0 Å². The van der Waals surface area contributed by atoms with Gasteiger partial charge in [0.15, 0.2) is 0 Å². The fourth-order valence-electron chi connectivity index (χ4n) is 2.17. The van der Waals surface area contributed by atoms with E-state index in [1.54, 1.807) is 17.0 Å².